The van der Waals surface area contributed by atoms with Crippen LogP contribution in [-0.2, 0) is 4.79 Å². The highest BCUT2D eigenvalue weighted by Crippen LogP contribution is 2.20. The van der Waals surface area contributed by atoms with Gasteiger partial charge in [-0.05, 0) is 43.7 Å². The fourth-order valence-electron chi connectivity index (χ4n) is 2.20. The quantitative estimate of drug-likeness (QED) is 0.855. The number of nitrogens with one attached hydrogen (secondary N) is 2. The first-order valence-electron chi connectivity index (χ1n) is 6.45. The number of hydrogen-bond acceptors (Lipinski definition) is 3. The molecule has 1 aliphatic rings. The lowest BCUT2D eigenvalue weighted by Crippen LogP contribution is -2.27. The molecule has 2 N–H and O–H groups in total. The summed E-state index contributed by atoms with van der Waals surface area (Å²) >= 11 is 0. The van der Waals surface area contributed by atoms with Gasteiger partial charge in [-0.3, -0.25) is 4.79 Å². The Hall–Kier alpha value is -1.55. The second-order valence-corrected chi connectivity index (χ2v) is 4.69. The van der Waals surface area contributed by atoms with E-state index in [1.54, 1.807) is 0 Å². The molecule has 0 aliphatic carbocycles. The van der Waals surface area contributed by atoms with Crippen molar-refractivity contribution in [2.75, 3.05) is 25.0 Å². The van der Waals surface area contributed by atoms with Crippen molar-refractivity contribution in [3.63, 3.8) is 0 Å². The number of amides is 1. The van der Waals surface area contributed by atoms with Crippen LogP contribution in [0.2, 0.25) is 0 Å². The zero-order valence-corrected chi connectivity index (χ0v) is 10.9. The minimum absolute atomic E-state index is 0.0663. The predicted octanol–water partition coefficient (Wildman–Crippen LogP) is 1.88. The molecular weight excluding hydrogens is 228 g/mol. The van der Waals surface area contributed by atoms with E-state index >= 15 is 0 Å². The van der Waals surface area contributed by atoms with Crippen molar-refractivity contribution >= 4 is 11.6 Å². The van der Waals surface area contributed by atoms with Crippen molar-refractivity contribution in [1.82, 2.24) is 5.32 Å². The number of anilines is 1. The molecule has 4 nitrogen and oxygen atoms in total. The van der Waals surface area contributed by atoms with Crippen LogP contribution in [0.25, 0.3) is 0 Å². The van der Waals surface area contributed by atoms with Crippen LogP contribution in [0.5, 0.6) is 5.75 Å². The summed E-state index contributed by atoms with van der Waals surface area (Å²) in [5, 5.41) is 6.18. The maximum absolute atomic E-state index is 12.1. The highest BCUT2D eigenvalue weighted by Gasteiger charge is 2.29. The summed E-state index contributed by atoms with van der Waals surface area (Å²) < 4.78 is 5.36. The molecule has 0 bridgehead atoms. The molecule has 0 aromatic heterocycles. The first-order chi connectivity index (χ1) is 8.70. The SMILES string of the molecule is CCOc1ccc(NC(=O)[C@@H]2CNC[C@H]2C)cc1. The predicted molar refractivity (Wildman–Crippen MR) is 71.8 cm³/mol. The van der Waals surface area contributed by atoms with E-state index in [4.69, 9.17) is 4.74 Å². The summed E-state index contributed by atoms with van der Waals surface area (Å²) in [6, 6.07) is 7.48. The van der Waals surface area contributed by atoms with E-state index in [1.165, 1.54) is 0 Å². The first-order valence-corrected chi connectivity index (χ1v) is 6.45. The first kappa shape index (κ1) is 12.9. The Labute approximate surface area is 108 Å². The largest absolute Gasteiger partial charge is 0.494 e. The number of carbonyl (C=O) groups excluding carboxylic acids is 1. The Bertz CT molecular complexity index is 403. The molecule has 1 amide bonds. The normalized spacial score (nSPS) is 22.8. The van der Waals surface area contributed by atoms with Crippen LogP contribution >= 0.6 is 0 Å². The minimum atomic E-state index is 0.0663. The maximum atomic E-state index is 12.1. The van der Waals surface area contributed by atoms with E-state index < -0.39 is 0 Å². The lowest BCUT2D eigenvalue weighted by Gasteiger charge is -2.14. The van der Waals surface area contributed by atoms with E-state index in [9.17, 15) is 4.79 Å². The van der Waals surface area contributed by atoms with Crippen molar-refractivity contribution in [3.05, 3.63) is 24.3 Å². The molecule has 0 unspecified atom stereocenters. The number of rotatable bonds is 4. The van der Waals surface area contributed by atoms with Gasteiger partial charge in [0.1, 0.15) is 5.75 Å². The van der Waals surface area contributed by atoms with E-state index in [0.29, 0.717) is 12.5 Å². The van der Waals surface area contributed by atoms with Gasteiger partial charge < -0.3 is 15.4 Å². The molecule has 1 fully saturated rings. The van der Waals surface area contributed by atoms with Crippen LogP contribution in [0.1, 0.15) is 13.8 Å². The number of benzene rings is 1. The van der Waals surface area contributed by atoms with Gasteiger partial charge in [0.2, 0.25) is 5.91 Å². The highest BCUT2D eigenvalue weighted by molar-refractivity contribution is 5.93. The molecular formula is C14H20N2O2. The lowest BCUT2D eigenvalue weighted by molar-refractivity contribution is -0.120. The van der Waals surface area contributed by atoms with Crippen LogP contribution in [0.3, 0.4) is 0 Å². The van der Waals surface area contributed by atoms with Gasteiger partial charge in [-0.15, -0.1) is 0 Å². The molecule has 2 rings (SSSR count). The third-order valence-corrected chi connectivity index (χ3v) is 3.29. The summed E-state index contributed by atoms with van der Waals surface area (Å²) in [6.07, 6.45) is 0. The molecule has 1 aromatic carbocycles. The van der Waals surface area contributed by atoms with Gasteiger partial charge >= 0.3 is 0 Å². The fraction of sp³-hybridized carbons (Fsp3) is 0.500. The molecule has 18 heavy (non-hydrogen) atoms. The van der Waals surface area contributed by atoms with Crippen molar-refractivity contribution in [3.8, 4) is 5.75 Å². The van der Waals surface area contributed by atoms with Crippen molar-refractivity contribution < 1.29 is 9.53 Å². The van der Waals surface area contributed by atoms with Gasteiger partial charge in [0.25, 0.3) is 0 Å². The molecule has 1 heterocycles. The van der Waals surface area contributed by atoms with Crippen LogP contribution in [0, 0.1) is 11.8 Å². The topological polar surface area (TPSA) is 50.4 Å². The standard InChI is InChI=1S/C14H20N2O2/c1-3-18-12-6-4-11(5-7-12)16-14(17)13-9-15-8-10(13)2/h4-7,10,13,15H,3,8-9H2,1-2H3,(H,16,17)/t10-,13-/m1/s1. The fourth-order valence-corrected chi connectivity index (χ4v) is 2.20. The second kappa shape index (κ2) is 5.87. The molecule has 1 aromatic rings. The lowest BCUT2D eigenvalue weighted by atomic mass is 9.97. The van der Waals surface area contributed by atoms with Crippen LogP contribution in [0.15, 0.2) is 24.3 Å². The van der Waals surface area contributed by atoms with E-state index in [-0.39, 0.29) is 11.8 Å². The van der Waals surface area contributed by atoms with Gasteiger partial charge in [0, 0.05) is 12.2 Å². The van der Waals surface area contributed by atoms with Crippen molar-refractivity contribution in [2.45, 2.75) is 13.8 Å². The molecule has 4 heteroatoms. The minimum Gasteiger partial charge on any atom is -0.494 e. The number of carbonyl (C=O) groups is 1. The van der Waals surface area contributed by atoms with Gasteiger partial charge in [-0.2, -0.15) is 0 Å². The van der Waals surface area contributed by atoms with Crippen LogP contribution in [-0.4, -0.2) is 25.6 Å². The molecule has 1 aliphatic heterocycles. The van der Waals surface area contributed by atoms with Gasteiger partial charge in [0.15, 0.2) is 0 Å². The summed E-state index contributed by atoms with van der Waals surface area (Å²) in [5.74, 6) is 1.38. The van der Waals surface area contributed by atoms with Gasteiger partial charge in [-0.1, -0.05) is 6.92 Å². The Morgan fingerprint density at radius 3 is 2.67 bits per heavy atom. The smallest absolute Gasteiger partial charge is 0.229 e. The average Bonchev–Trinajstić information content (AvgIpc) is 2.78. The monoisotopic (exact) mass is 248 g/mol. The van der Waals surface area contributed by atoms with E-state index in [0.717, 1.165) is 24.5 Å². The van der Waals surface area contributed by atoms with Crippen molar-refractivity contribution in [2.24, 2.45) is 11.8 Å². The van der Waals surface area contributed by atoms with Crippen LogP contribution < -0.4 is 15.4 Å². The van der Waals surface area contributed by atoms with Crippen molar-refractivity contribution in [1.29, 1.82) is 0 Å². The Balaban J connectivity index is 1.94. The maximum Gasteiger partial charge on any atom is 0.229 e. The Morgan fingerprint density at radius 1 is 1.39 bits per heavy atom. The van der Waals surface area contributed by atoms with E-state index in [2.05, 4.69) is 17.6 Å². The molecule has 98 valence electrons. The van der Waals surface area contributed by atoms with E-state index in [1.807, 2.05) is 31.2 Å². The number of hydrogen-bond donors (Lipinski definition) is 2. The van der Waals surface area contributed by atoms with Gasteiger partial charge in [-0.25, -0.2) is 0 Å². The second-order valence-electron chi connectivity index (χ2n) is 4.69. The zero-order chi connectivity index (χ0) is 13.0. The Kier molecular flexibility index (Phi) is 4.20. The molecule has 1 saturated heterocycles. The third-order valence-electron chi connectivity index (χ3n) is 3.29. The molecule has 0 radical (unpaired) electrons. The third kappa shape index (κ3) is 3.01. The summed E-state index contributed by atoms with van der Waals surface area (Å²) in [6.45, 7) is 6.38. The highest BCUT2D eigenvalue weighted by atomic mass is 16.5. The molecule has 0 spiro atoms. The van der Waals surface area contributed by atoms with Gasteiger partial charge in [0.05, 0.1) is 12.5 Å². The zero-order valence-electron chi connectivity index (χ0n) is 10.9. The average molecular weight is 248 g/mol. The summed E-state index contributed by atoms with van der Waals surface area (Å²) in [5.41, 5.74) is 0.822. The summed E-state index contributed by atoms with van der Waals surface area (Å²) in [4.78, 5) is 12.1. The number of ether oxygens (including phenoxy) is 1. The summed E-state index contributed by atoms with van der Waals surface area (Å²) in [7, 11) is 0. The van der Waals surface area contributed by atoms with Crippen LogP contribution in [0.4, 0.5) is 5.69 Å². The Morgan fingerprint density at radius 2 is 2.11 bits per heavy atom. The molecule has 0 saturated carbocycles. The molecule has 2 atom stereocenters.